The summed E-state index contributed by atoms with van der Waals surface area (Å²) < 4.78 is 0. The number of amides is 1. The highest BCUT2D eigenvalue weighted by atomic mass is 32.1. The SMILES string of the molecule is Cc1ccc([C@H]2NC(=O)c3c(sc4c3CC[NH+](C(C)C)C4)N2)cc1. The lowest BCUT2D eigenvalue weighted by molar-refractivity contribution is -0.936. The summed E-state index contributed by atoms with van der Waals surface area (Å²) >= 11 is 1.77. The molecule has 1 amide bonds. The number of quaternary nitrogens is 1. The van der Waals surface area contributed by atoms with Crippen LogP contribution in [-0.4, -0.2) is 18.5 Å². The van der Waals surface area contributed by atoms with Gasteiger partial charge >= 0.3 is 0 Å². The van der Waals surface area contributed by atoms with Gasteiger partial charge in [-0.05, 0) is 31.9 Å². The van der Waals surface area contributed by atoms with Gasteiger partial charge in [0.15, 0.2) is 0 Å². The summed E-state index contributed by atoms with van der Waals surface area (Å²) in [5, 5.41) is 7.71. The number of carbonyl (C=O) groups is 1. The fourth-order valence-electron chi connectivity index (χ4n) is 3.63. The van der Waals surface area contributed by atoms with Gasteiger partial charge in [0.1, 0.15) is 17.7 Å². The first-order valence-electron chi connectivity index (χ1n) is 8.66. The van der Waals surface area contributed by atoms with Gasteiger partial charge in [0.05, 0.1) is 23.0 Å². The summed E-state index contributed by atoms with van der Waals surface area (Å²) in [4.78, 5) is 15.7. The molecule has 1 aromatic carbocycles. The van der Waals surface area contributed by atoms with E-state index in [4.69, 9.17) is 0 Å². The number of benzene rings is 1. The first-order chi connectivity index (χ1) is 11.5. The number of hydrogen-bond donors (Lipinski definition) is 3. The van der Waals surface area contributed by atoms with Crippen molar-refractivity contribution in [3.63, 3.8) is 0 Å². The minimum atomic E-state index is -0.140. The summed E-state index contributed by atoms with van der Waals surface area (Å²) in [6, 6.07) is 8.95. The highest BCUT2D eigenvalue weighted by Crippen LogP contribution is 2.39. The Bertz CT molecular complexity index is 779. The van der Waals surface area contributed by atoms with E-state index in [2.05, 4.69) is 55.7 Å². The van der Waals surface area contributed by atoms with E-state index in [9.17, 15) is 4.79 Å². The van der Waals surface area contributed by atoms with Gasteiger partial charge in [0.25, 0.3) is 5.91 Å². The van der Waals surface area contributed by atoms with Gasteiger partial charge in [0, 0.05) is 6.42 Å². The van der Waals surface area contributed by atoms with Crippen molar-refractivity contribution in [1.29, 1.82) is 0 Å². The minimum absolute atomic E-state index is 0.0693. The molecule has 126 valence electrons. The number of hydrogen-bond acceptors (Lipinski definition) is 3. The van der Waals surface area contributed by atoms with Crippen LogP contribution in [-0.2, 0) is 13.0 Å². The van der Waals surface area contributed by atoms with Gasteiger partial charge in [-0.3, -0.25) is 4.79 Å². The molecule has 0 radical (unpaired) electrons. The van der Waals surface area contributed by atoms with Gasteiger partial charge in [-0.1, -0.05) is 29.8 Å². The Labute approximate surface area is 146 Å². The Morgan fingerprint density at radius 3 is 2.67 bits per heavy atom. The molecule has 3 N–H and O–H groups in total. The number of thiophene rings is 1. The van der Waals surface area contributed by atoms with Crippen LogP contribution in [0.5, 0.6) is 0 Å². The highest BCUT2D eigenvalue weighted by Gasteiger charge is 2.34. The predicted molar refractivity (Wildman–Crippen MR) is 97.7 cm³/mol. The summed E-state index contributed by atoms with van der Waals surface area (Å²) in [7, 11) is 0. The van der Waals surface area contributed by atoms with E-state index >= 15 is 0 Å². The monoisotopic (exact) mass is 342 g/mol. The van der Waals surface area contributed by atoms with E-state index in [1.54, 1.807) is 16.2 Å². The third kappa shape index (κ3) is 2.62. The normalized spacial score (nSPS) is 22.6. The highest BCUT2D eigenvalue weighted by molar-refractivity contribution is 7.16. The molecule has 0 fully saturated rings. The number of aryl methyl sites for hydroxylation is 1. The predicted octanol–water partition coefficient (Wildman–Crippen LogP) is 2.26. The van der Waals surface area contributed by atoms with Gasteiger partial charge in [-0.15, -0.1) is 11.3 Å². The fraction of sp³-hybridized carbons (Fsp3) is 0.421. The number of nitrogens with one attached hydrogen (secondary N) is 3. The average molecular weight is 342 g/mol. The van der Waals surface area contributed by atoms with Crippen LogP contribution in [0.3, 0.4) is 0 Å². The maximum Gasteiger partial charge on any atom is 0.256 e. The first kappa shape index (κ1) is 15.7. The molecule has 5 heteroatoms. The topological polar surface area (TPSA) is 45.6 Å². The molecule has 1 aromatic heterocycles. The minimum Gasteiger partial charge on any atom is -0.353 e. The van der Waals surface area contributed by atoms with Crippen LogP contribution in [0.1, 0.15) is 51.9 Å². The Morgan fingerprint density at radius 1 is 1.21 bits per heavy atom. The molecular formula is C19H24N3OS+. The van der Waals surface area contributed by atoms with E-state index in [0.717, 1.165) is 35.6 Å². The third-order valence-corrected chi connectivity index (χ3v) is 6.34. The fourth-order valence-corrected chi connectivity index (χ4v) is 4.96. The van der Waals surface area contributed by atoms with Gasteiger partial charge in [-0.25, -0.2) is 0 Å². The Morgan fingerprint density at radius 2 is 1.96 bits per heavy atom. The molecule has 4 rings (SSSR count). The quantitative estimate of drug-likeness (QED) is 0.784. The second kappa shape index (κ2) is 5.90. The van der Waals surface area contributed by atoms with Crippen LogP contribution in [0.4, 0.5) is 5.00 Å². The number of fused-ring (bicyclic) bond motifs is 3. The van der Waals surface area contributed by atoms with Crippen LogP contribution < -0.4 is 15.5 Å². The maximum atomic E-state index is 12.7. The molecule has 2 aliphatic rings. The zero-order valence-corrected chi connectivity index (χ0v) is 15.2. The number of anilines is 1. The van der Waals surface area contributed by atoms with Crippen molar-refractivity contribution in [3.8, 4) is 0 Å². The lowest BCUT2D eigenvalue weighted by Crippen LogP contribution is -3.14. The van der Waals surface area contributed by atoms with Crippen LogP contribution in [0, 0.1) is 6.92 Å². The number of carbonyl (C=O) groups excluding carboxylic acids is 1. The largest absolute Gasteiger partial charge is 0.353 e. The summed E-state index contributed by atoms with van der Waals surface area (Å²) in [6.07, 6.45) is 0.859. The van der Waals surface area contributed by atoms with E-state index < -0.39 is 0 Å². The van der Waals surface area contributed by atoms with Crippen molar-refractivity contribution < 1.29 is 9.69 Å². The second-order valence-electron chi connectivity index (χ2n) is 7.16. The first-order valence-corrected chi connectivity index (χ1v) is 9.47. The molecule has 0 aliphatic carbocycles. The van der Waals surface area contributed by atoms with Crippen molar-refractivity contribution in [2.45, 2.75) is 45.9 Å². The van der Waals surface area contributed by atoms with Crippen molar-refractivity contribution in [2.24, 2.45) is 0 Å². The molecule has 24 heavy (non-hydrogen) atoms. The molecule has 0 saturated carbocycles. The van der Waals surface area contributed by atoms with Gasteiger partial charge in [0.2, 0.25) is 0 Å². The van der Waals surface area contributed by atoms with E-state index in [0.29, 0.717) is 6.04 Å². The zero-order chi connectivity index (χ0) is 16.8. The molecule has 2 aromatic rings. The third-order valence-electron chi connectivity index (χ3n) is 5.18. The molecule has 0 bridgehead atoms. The van der Waals surface area contributed by atoms with E-state index in [1.165, 1.54) is 16.0 Å². The van der Waals surface area contributed by atoms with Gasteiger partial charge in [-0.2, -0.15) is 0 Å². The standard InChI is InChI=1S/C19H23N3OS/c1-11(2)22-9-8-14-15(10-22)24-19-16(14)18(23)20-17(21-19)13-6-4-12(3)5-7-13/h4-7,11,17,21H,8-10H2,1-3H3,(H,20,23)/p+1/t17-/m0/s1. The molecule has 2 atom stereocenters. The molecule has 2 aliphatic heterocycles. The van der Waals surface area contributed by atoms with Crippen molar-refractivity contribution in [2.75, 3.05) is 11.9 Å². The second-order valence-corrected chi connectivity index (χ2v) is 8.26. The molecule has 0 spiro atoms. The molecule has 0 saturated heterocycles. The van der Waals surface area contributed by atoms with Crippen LogP contribution in [0.2, 0.25) is 0 Å². The van der Waals surface area contributed by atoms with Crippen LogP contribution in [0.15, 0.2) is 24.3 Å². The lowest BCUT2D eigenvalue weighted by atomic mass is 9.99. The summed E-state index contributed by atoms with van der Waals surface area (Å²) in [5.41, 5.74) is 4.48. The molecule has 4 nitrogen and oxygen atoms in total. The van der Waals surface area contributed by atoms with Crippen molar-refractivity contribution >= 4 is 22.2 Å². The zero-order valence-electron chi connectivity index (χ0n) is 14.4. The lowest BCUT2D eigenvalue weighted by Gasteiger charge is -2.28. The number of rotatable bonds is 2. The van der Waals surface area contributed by atoms with Crippen molar-refractivity contribution in [1.82, 2.24) is 5.32 Å². The maximum absolute atomic E-state index is 12.7. The van der Waals surface area contributed by atoms with Crippen LogP contribution >= 0.6 is 11.3 Å². The van der Waals surface area contributed by atoms with Crippen LogP contribution in [0.25, 0.3) is 0 Å². The average Bonchev–Trinajstić information content (AvgIpc) is 2.93. The molecular weight excluding hydrogens is 318 g/mol. The Kier molecular flexibility index (Phi) is 3.85. The summed E-state index contributed by atoms with van der Waals surface area (Å²) in [5.74, 6) is 0.0693. The molecule has 1 unspecified atom stereocenters. The van der Waals surface area contributed by atoms with Gasteiger partial charge < -0.3 is 15.5 Å². The molecule has 3 heterocycles. The van der Waals surface area contributed by atoms with E-state index in [-0.39, 0.29) is 12.1 Å². The Hall–Kier alpha value is -1.85. The smallest absolute Gasteiger partial charge is 0.256 e. The Balaban J connectivity index is 1.65. The van der Waals surface area contributed by atoms with E-state index in [1.807, 2.05) is 0 Å². The summed E-state index contributed by atoms with van der Waals surface area (Å²) in [6.45, 7) is 8.76. The van der Waals surface area contributed by atoms with Crippen molar-refractivity contribution in [3.05, 3.63) is 51.4 Å².